The zero-order valence-corrected chi connectivity index (χ0v) is 21.3. The predicted molar refractivity (Wildman–Crippen MR) is 132 cm³/mol. The molecule has 1 aliphatic rings. The molecule has 8 heteroatoms. The molecular weight excluding hydrogens is 490 g/mol. The Bertz CT molecular complexity index is 1020. The lowest BCUT2D eigenvalue weighted by molar-refractivity contribution is -0.145. The van der Waals surface area contributed by atoms with Crippen LogP contribution in [-0.2, 0) is 24.2 Å². The molecule has 2 nitrogen and oxygen atoms in total. The normalized spacial score (nSPS) is 17.2. The minimum atomic E-state index is -5.00. The summed E-state index contributed by atoms with van der Waals surface area (Å²) in [5.41, 5.74) is -4.29. The monoisotopic (exact) mass is 524 g/mol. The summed E-state index contributed by atoms with van der Waals surface area (Å²) in [6.07, 6.45) is -6.52. The van der Waals surface area contributed by atoms with Crippen molar-refractivity contribution in [3.8, 4) is 6.07 Å². The van der Waals surface area contributed by atoms with E-state index in [1.807, 2.05) is 50.2 Å². The van der Waals surface area contributed by atoms with E-state index in [2.05, 4.69) is 4.90 Å². The highest BCUT2D eigenvalue weighted by Gasteiger charge is 2.52. The molecule has 0 bridgehead atoms. The summed E-state index contributed by atoms with van der Waals surface area (Å²) in [5, 5.41) is 10.4. The van der Waals surface area contributed by atoms with Crippen molar-refractivity contribution in [3.05, 3.63) is 70.8 Å². The number of alkyl halides is 6. The largest absolute Gasteiger partial charge is 0.416 e. The van der Waals surface area contributed by atoms with Gasteiger partial charge in [-0.2, -0.15) is 31.6 Å². The molecule has 1 aliphatic carbocycles. The van der Waals surface area contributed by atoms with Crippen LogP contribution in [0.2, 0.25) is 0 Å². The maximum absolute atomic E-state index is 14.1. The summed E-state index contributed by atoms with van der Waals surface area (Å²) >= 11 is 0. The van der Waals surface area contributed by atoms with E-state index in [9.17, 15) is 31.6 Å². The Kier molecular flexibility index (Phi) is 9.33. The molecule has 3 rings (SSSR count). The first-order valence-electron chi connectivity index (χ1n) is 12.9. The Morgan fingerprint density at radius 3 is 1.97 bits per heavy atom. The number of hydrogen-bond acceptors (Lipinski definition) is 2. The van der Waals surface area contributed by atoms with Crippen molar-refractivity contribution in [2.45, 2.75) is 82.6 Å². The highest BCUT2D eigenvalue weighted by Crippen LogP contribution is 2.53. The molecule has 0 heterocycles. The topological polar surface area (TPSA) is 27.0 Å². The predicted octanol–water partition coefficient (Wildman–Crippen LogP) is 8.41. The summed E-state index contributed by atoms with van der Waals surface area (Å²) in [7, 11) is 0. The van der Waals surface area contributed by atoms with Gasteiger partial charge in [0.2, 0.25) is 0 Å². The Morgan fingerprint density at radius 2 is 1.51 bits per heavy atom. The molecule has 1 fully saturated rings. The molecule has 0 radical (unpaired) electrons. The molecule has 2 atom stereocenters. The summed E-state index contributed by atoms with van der Waals surface area (Å²) in [6, 6.07) is 14.0. The van der Waals surface area contributed by atoms with E-state index in [4.69, 9.17) is 0 Å². The van der Waals surface area contributed by atoms with Gasteiger partial charge in [0.05, 0.1) is 22.6 Å². The molecule has 2 aromatic rings. The van der Waals surface area contributed by atoms with E-state index < -0.39 is 40.4 Å². The number of benzene rings is 2. The molecule has 2 unspecified atom stereocenters. The summed E-state index contributed by atoms with van der Waals surface area (Å²) < 4.78 is 84.4. The van der Waals surface area contributed by atoms with Gasteiger partial charge in [-0.15, -0.1) is 0 Å². The van der Waals surface area contributed by atoms with Gasteiger partial charge in [-0.3, -0.25) is 0 Å². The molecule has 0 aliphatic heterocycles. The Hall–Kier alpha value is -2.53. The van der Waals surface area contributed by atoms with Crippen LogP contribution in [0.5, 0.6) is 0 Å². The lowest BCUT2D eigenvalue weighted by Crippen LogP contribution is -2.43. The third kappa shape index (κ3) is 6.67. The maximum Gasteiger partial charge on any atom is 0.416 e. The average molecular weight is 525 g/mol. The van der Waals surface area contributed by atoms with Crippen molar-refractivity contribution < 1.29 is 26.3 Å². The van der Waals surface area contributed by atoms with Crippen LogP contribution < -0.4 is 0 Å². The molecule has 0 aromatic heterocycles. The van der Waals surface area contributed by atoms with Crippen LogP contribution in [0.15, 0.2) is 48.5 Å². The first kappa shape index (κ1) is 29.0. The summed E-state index contributed by atoms with van der Waals surface area (Å²) in [6.45, 7) is 5.45. The maximum atomic E-state index is 14.1. The molecule has 2 aromatic carbocycles. The standard InChI is InChI=1S/C29H34F6N2/c1-3-18-37(19-16-22-9-5-4-6-10-22)21(2)15-17-27(20-36,23-11-7-12-23)26-24(28(30,31)32)13-8-14-25(26)29(33,34)35/h4-6,8-10,13-14,21,23H,3,7,11-12,15-19H2,1-2H3. The van der Waals surface area contributed by atoms with Crippen LogP contribution in [0.1, 0.15) is 74.6 Å². The van der Waals surface area contributed by atoms with Crippen molar-refractivity contribution in [3.63, 3.8) is 0 Å². The van der Waals surface area contributed by atoms with Gasteiger partial charge in [-0.25, -0.2) is 0 Å². The fourth-order valence-corrected chi connectivity index (χ4v) is 5.52. The summed E-state index contributed by atoms with van der Waals surface area (Å²) in [4.78, 5) is 2.22. The SMILES string of the molecule is CCCN(CCc1ccccc1)C(C)CCC(C#N)(c1c(C(F)(F)F)cccc1C(F)(F)F)C1CCC1. The van der Waals surface area contributed by atoms with Crippen molar-refractivity contribution in [1.82, 2.24) is 4.90 Å². The number of hydrogen-bond donors (Lipinski definition) is 0. The second-order valence-corrected chi connectivity index (χ2v) is 10.1. The molecular formula is C29H34F6N2. The van der Waals surface area contributed by atoms with E-state index in [1.54, 1.807) is 0 Å². The van der Waals surface area contributed by atoms with E-state index in [-0.39, 0.29) is 12.5 Å². The van der Waals surface area contributed by atoms with Crippen molar-refractivity contribution in [2.24, 2.45) is 5.92 Å². The Balaban J connectivity index is 1.96. The van der Waals surface area contributed by atoms with E-state index >= 15 is 0 Å². The van der Waals surface area contributed by atoms with Gasteiger partial charge in [0, 0.05) is 12.6 Å². The second kappa shape index (κ2) is 11.9. The quantitative estimate of drug-likeness (QED) is 0.276. The van der Waals surface area contributed by atoms with Crippen LogP contribution in [-0.4, -0.2) is 24.0 Å². The van der Waals surface area contributed by atoms with E-state index in [0.717, 1.165) is 37.6 Å². The highest BCUT2D eigenvalue weighted by atomic mass is 19.4. The zero-order valence-electron chi connectivity index (χ0n) is 21.3. The van der Waals surface area contributed by atoms with Crippen molar-refractivity contribution in [2.75, 3.05) is 13.1 Å². The first-order chi connectivity index (χ1) is 17.4. The van der Waals surface area contributed by atoms with Crippen LogP contribution in [0.3, 0.4) is 0 Å². The molecule has 202 valence electrons. The number of rotatable bonds is 11. The third-order valence-electron chi connectivity index (χ3n) is 7.74. The molecule has 37 heavy (non-hydrogen) atoms. The fourth-order valence-electron chi connectivity index (χ4n) is 5.52. The van der Waals surface area contributed by atoms with E-state index in [0.29, 0.717) is 37.8 Å². The third-order valence-corrected chi connectivity index (χ3v) is 7.74. The Morgan fingerprint density at radius 1 is 0.919 bits per heavy atom. The minimum absolute atomic E-state index is 0.0585. The molecule has 0 spiro atoms. The van der Waals surface area contributed by atoms with Crippen LogP contribution >= 0.6 is 0 Å². The Labute approximate surface area is 215 Å². The van der Waals surface area contributed by atoms with E-state index in [1.165, 1.54) is 0 Å². The second-order valence-electron chi connectivity index (χ2n) is 10.1. The molecule has 0 saturated heterocycles. The number of halogens is 6. The lowest BCUT2D eigenvalue weighted by atomic mass is 9.58. The molecule has 0 N–H and O–H groups in total. The van der Waals surface area contributed by atoms with Crippen molar-refractivity contribution in [1.29, 1.82) is 5.26 Å². The minimum Gasteiger partial charge on any atom is -0.300 e. The van der Waals surface area contributed by atoms with Gasteiger partial charge in [0.25, 0.3) is 0 Å². The smallest absolute Gasteiger partial charge is 0.300 e. The van der Waals surface area contributed by atoms with Gasteiger partial charge in [-0.1, -0.05) is 49.7 Å². The highest BCUT2D eigenvalue weighted by molar-refractivity contribution is 5.49. The number of nitriles is 1. The van der Waals surface area contributed by atoms with Crippen LogP contribution in [0.25, 0.3) is 0 Å². The fraction of sp³-hybridized carbons (Fsp3) is 0.552. The average Bonchev–Trinajstić information content (AvgIpc) is 2.82. The number of nitrogens with zero attached hydrogens (tertiary/aromatic N) is 2. The molecule has 0 amide bonds. The van der Waals surface area contributed by atoms with Gasteiger partial charge in [0.15, 0.2) is 0 Å². The lowest BCUT2D eigenvalue weighted by Gasteiger charge is -2.44. The van der Waals surface area contributed by atoms with Crippen molar-refractivity contribution >= 4 is 0 Å². The summed E-state index contributed by atoms with van der Waals surface area (Å²) in [5.74, 6) is -0.543. The van der Waals surface area contributed by atoms with Crippen LogP contribution in [0, 0.1) is 17.2 Å². The van der Waals surface area contributed by atoms with Gasteiger partial charge < -0.3 is 4.90 Å². The molecule has 1 saturated carbocycles. The first-order valence-corrected chi connectivity index (χ1v) is 12.9. The van der Waals surface area contributed by atoms with Gasteiger partial charge in [0.1, 0.15) is 0 Å². The zero-order chi connectivity index (χ0) is 27.3. The van der Waals surface area contributed by atoms with Gasteiger partial charge >= 0.3 is 12.4 Å². The van der Waals surface area contributed by atoms with Crippen LogP contribution in [0.4, 0.5) is 26.3 Å². The van der Waals surface area contributed by atoms with Gasteiger partial charge in [-0.05, 0) is 81.2 Å².